The first-order valence-electron chi connectivity index (χ1n) is 13.1. The first-order chi connectivity index (χ1) is 17.3. The van der Waals surface area contributed by atoms with Gasteiger partial charge in [-0.2, -0.15) is 0 Å². The van der Waals surface area contributed by atoms with Crippen LogP contribution < -0.4 is 16.0 Å². The summed E-state index contributed by atoms with van der Waals surface area (Å²) < 4.78 is 8.12. The number of aromatic nitrogens is 2. The van der Waals surface area contributed by atoms with Crippen LogP contribution in [0.4, 0.5) is 0 Å². The summed E-state index contributed by atoms with van der Waals surface area (Å²) in [7, 11) is 3.23. The highest BCUT2D eigenvalue weighted by atomic mass is 16.5. The number of hydrogen-bond acceptors (Lipinski definition) is 5. The summed E-state index contributed by atoms with van der Waals surface area (Å²) >= 11 is 0. The summed E-state index contributed by atoms with van der Waals surface area (Å²) in [6, 6.07) is 5.22. The second-order valence-electron chi connectivity index (χ2n) is 10.8. The van der Waals surface area contributed by atoms with Gasteiger partial charge in [0.15, 0.2) is 0 Å². The number of rotatable bonds is 5. The Morgan fingerprint density at radius 2 is 1.64 bits per heavy atom. The molecule has 0 spiro atoms. The molecule has 9 nitrogen and oxygen atoms in total. The van der Waals surface area contributed by atoms with Crippen LogP contribution in [0.25, 0.3) is 10.9 Å². The molecule has 1 aromatic carbocycles. The molecule has 36 heavy (non-hydrogen) atoms. The average molecular weight is 497 g/mol. The normalized spacial score (nSPS) is 24.7. The summed E-state index contributed by atoms with van der Waals surface area (Å²) in [5.41, 5.74) is -0.0224. The molecule has 2 aliphatic carbocycles. The van der Waals surface area contributed by atoms with Gasteiger partial charge in [0.05, 0.1) is 18.0 Å². The molecule has 1 aromatic heterocycles. The van der Waals surface area contributed by atoms with Gasteiger partial charge in [0.25, 0.3) is 5.56 Å². The third-order valence-corrected chi connectivity index (χ3v) is 8.34. The number of benzene rings is 1. The van der Waals surface area contributed by atoms with Crippen LogP contribution in [-0.4, -0.2) is 63.5 Å². The van der Waals surface area contributed by atoms with Gasteiger partial charge >= 0.3 is 5.69 Å². The maximum absolute atomic E-state index is 13.2. The number of nitrogens with zero attached hydrogens (tertiary/aromatic N) is 4. The summed E-state index contributed by atoms with van der Waals surface area (Å²) in [6.07, 6.45) is 5.12. The molecule has 1 aliphatic heterocycles. The molecule has 194 valence electrons. The van der Waals surface area contributed by atoms with E-state index in [0.29, 0.717) is 42.8 Å². The van der Waals surface area contributed by atoms with Crippen molar-refractivity contribution in [2.45, 2.75) is 58.0 Å². The van der Waals surface area contributed by atoms with Crippen molar-refractivity contribution in [3.8, 4) is 5.75 Å². The van der Waals surface area contributed by atoms with E-state index in [1.807, 2.05) is 16.7 Å². The number of methoxy groups -OCH3 is 1. The summed E-state index contributed by atoms with van der Waals surface area (Å²) in [6.45, 7) is 4.22. The topological polar surface area (TPSA) is 93.8 Å². The minimum Gasteiger partial charge on any atom is -0.497 e. The van der Waals surface area contributed by atoms with Crippen molar-refractivity contribution in [3.05, 3.63) is 39.0 Å². The molecular weight excluding hydrogens is 460 g/mol. The first-order valence-corrected chi connectivity index (χ1v) is 13.1. The van der Waals surface area contributed by atoms with Crippen molar-refractivity contribution in [3.63, 3.8) is 0 Å². The molecular formula is C27H36N4O5. The minimum atomic E-state index is -0.316. The molecule has 0 radical (unpaired) electrons. The third-order valence-electron chi connectivity index (χ3n) is 8.34. The fourth-order valence-corrected chi connectivity index (χ4v) is 5.94. The Kier molecular flexibility index (Phi) is 6.66. The second-order valence-corrected chi connectivity index (χ2v) is 10.8. The maximum Gasteiger partial charge on any atom is 0.331 e. The summed E-state index contributed by atoms with van der Waals surface area (Å²) in [5.74, 6) is 1.37. The molecule has 2 amide bonds. The van der Waals surface area contributed by atoms with Crippen molar-refractivity contribution in [1.82, 2.24) is 18.9 Å². The maximum atomic E-state index is 13.2. The van der Waals surface area contributed by atoms with Crippen molar-refractivity contribution in [2.75, 3.05) is 26.7 Å². The fourth-order valence-electron chi connectivity index (χ4n) is 5.94. The number of hydrogen-bond donors (Lipinski definition) is 0. The first kappa shape index (κ1) is 24.6. The molecule has 5 rings (SSSR count). The summed E-state index contributed by atoms with van der Waals surface area (Å²) in [4.78, 5) is 55.8. The highest BCUT2D eigenvalue weighted by Gasteiger charge is 2.39. The average Bonchev–Trinajstić information content (AvgIpc) is 3.75. The van der Waals surface area contributed by atoms with Crippen LogP contribution >= 0.6 is 0 Å². The van der Waals surface area contributed by atoms with Gasteiger partial charge in [-0.25, -0.2) is 4.79 Å². The Morgan fingerprint density at radius 3 is 2.28 bits per heavy atom. The molecule has 3 fully saturated rings. The van der Waals surface area contributed by atoms with Crippen LogP contribution in [0, 0.1) is 17.8 Å². The van der Waals surface area contributed by atoms with Crippen LogP contribution in [0.2, 0.25) is 0 Å². The van der Waals surface area contributed by atoms with Crippen LogP contribution in [0.3, 0.4) is 0 Å². The lowest BCUT2D eigenvalue weighted by atomic mass is 9.81. The van der Waals surface area contributed by atoms with Crippen LogP contribution in [0.1, 0.15) is 45.4 Å². The van der Waals surface area contributed by atoms with E-state index in [-0.39, 0.29) is 46.9 Å². The molecule has 3 aliphatic rings. The van der Waals surface area contributed by atoms with Crippen LogP contribution in [0.5, 0.6) is 5.75 Å². The van der Waals surface area contributed by atoms with Gasteiger partial charge in [-0.1, -0.05) is 0 Å². The molecule has 1 atom stereocenters. The highest BCUT2D eigenvalue weighted by Crippen LogP contribution is 2.34. The molecule has 9 heteroatoms. The van der Waals surface area contributed by atoms with E-state index in [4.69, 9.17) is 4.74 Å². The van der Waals surface area contributed by atoms with E-state index >= 15 is 0 Å². The van der Waals surface area contributed by atoms with Gasteiger partial charge in [0.2, 0.25) is 11.8 Å². The van der Waals surface area contributed by atoms with Gasteiger partial charge in [-0.05, 0) is 69.6 Å². The zero-order valence-corrected chi connectivity index (χ0v) is 21.4. The van der Waals surface area contributed by atoms with E-state index < -0.39 is 0 Å². The lowest BCUT2D eigenvalue weighted by Gasteiger charge is -2.42. The van der Waals surface area contributed by atoms with Crippen molar-refractivity contribution in [1.29, 1.82) is 0 Å². The number of ether oxygens (including phenoxy) is 1. The monoisotopic (exact) mass is 496 g/mol. The molecule has 1 saturated heterocycles. The van der Waals surface area contributed by atoms with E-state index in [9.17, 15) is 19.2 Å². The lowest BCUT2D eigenvalue weighted by molar-refractivity contribution is -0.146. The standard InChI is InChI=1S/C27H36N4O5/c1-17-15-29(12-13-30(17)25(33)20-8-9-20)24(32)19-6-4-18(5-7-19)16-31-26(34)22-14-21(36-3)10-11-23(22)28(2)27(31)35/h10-11,14,17-20H,4-9,12-13,15-16H2,1-3H3/t17-,18?,19?/m1/s1. The fraction of sp³-hybridized carbons (Fsp3) is 0.630. The largest absolute Gasteiger partial charge is 0.497 e. The predicted octanol–water partition coefficient (Wildman–Crippen LogP) is 1.98. The van der Waals surface area contributed by atoms with Gasteiger partial charge in [0, 0.05) is 51.1 Å². The summed E-state index contributed by atoms with van der Waals surface area (Å²) in [5, 5.41) is 0.466. The van der Waals surface area contributed by atoms with E-state index in [0.717, 1.165) is 38.5 Å². The lowest BCUT2D eigenvalue weighted by Crippen LogP contribution is -2.57. The zero-order valence-electron chi connectivity index (χ0n) is 21.4. The van der Waals surface area contributed by atoms with Gasteiger partial charge in [-0.3, -0.25) is 23.5 Å². The van der Waals surface area contributed by atoms with Crippen molar-refractivity contribution < 1.29 is 14.3 Å². The molecule has 2 saturated carbocycles. The number of fused-ring (bicyclic) bond motifs is 1. The Balaban J connectivity index is 1.21. The van der Waals surface area contributed by atoms with Gasteiger partial charge < -0.3 is 14.5 Å². The van der Waals surface area contributed by atoms with E-state index in [1.54, 1.807) is 32.4 Å². The number of carbonyl (C=O) groups excluding carboxylic acids is 2. The van der Waals surface area contributed by atoms with Crippen LogP contribution in [0.15, 0.2) is 27.8 Å². The quantitative estimate of drug-likeness (QED) is 0.631. The zero-order chi connectivity index (χ0) is 25.6. The number of aryl methyl sites for hydroxylation is 1. The Morgan fingerprint density at radius 1 is 0.972 bits per heavy atom. The third kappa shape index (κ3) is 4.55. The SMILES string of the molecule is COc1ccc2c(c1)c(=O)n(CC1CCC(C(=O)N3CCN(C(=O)C4CC4)[C@H](C)C3)CC1)c(=O)n2C. The molecule has 0 unspecified atom stereocenters. The molecule has 0 N–H and O–H groups in total. The second kappa shape index (κ2) is 9.75. The Labute approximate surface area is 210 Å². The van der Waals surface area contributed by atoms with Gasteiger partial charge in [-0.15, -0.1) is 0 Å². The molecule has 2 aromatic rings. The Bertz CT molecular complexity index is 1290. The van der Waals surface area contributed by atoms with E-state index in [1.165, 1.54) is 9.13 Å². The minimum absolute atomic E-state index is 0.0282. The molecule has 2 heterocycles. The van der Waals surface area contributed by atoms with Crippen molar-refractivity contribution >= 4 is 22.7 Å². The number of piperazine rings is 1. The smallest absolute Gasteiger partial charge is 0.331 e. The van der Waals surface area contributed by atoms with Crippen molar-refractivity contribution in [2.24, 2.45) is 24.8 Å². The highest BCUT2D eigenvalue weighted by molar-refractivity contribution is 5.83. The Hall–Kier alpha value is -3.10. The molecule has 0 bridgehead atoms. The predicted molar refractivity (Wildman–Crippen MR) is 136 cm³/mol. The number of carbonyl (C=O) groups is 2. The van der Waals surface area contributed by atoms with Gasteiger partial charge in [0.1, 0.15) is 5.75 Å². The van der Waals surface area contributed by atoms with E-state index in [2.05, 4.69) is 0 Å². The van der Waals surface area contributed by atoms with Crippen LogP contribution in [-0.2, 0) is 23.2 Å². The number of amides is 2.